The summed E-state index contributed by atoms with van der Waals surface area (Å²) in [5.41, 5.74) is 2.98. The van der Waals surface area contributed by atoms with Crippen molar-refractivity contribution in [3.63, 3.8) is 0 Å². The molecule has 5 nitrogen and oxygen atoms in total. The molecular formula is C20H19N3O2. The zero-order valence-corrected chi connectivity index (χ0v) is 14.1. The third-order valence-electron chi connectivity index (χ3n) is 3.67. The van der Waals surface area contributed by atoms with E-state index in [4.69, 9.17) is 4.74 Å². The second-order valence-corrected chi connectivity index (χ2v) is 5.52. The number of rotatable bonds is 5. The van der Waals surface area contributed by atoms with Gasteiger partial charge in [-0.3, -0.25) is 4.79 Å². The van der Waals surface area contributed by atoms with Crippen molar-refractivity contribution in [2.75, 3.05) is 17.7 Å². The fourth-order valence-corrected chi connectivity index (χ4v) is 2.42. The Morgan fingerprint density at radius 1 is 0.960 bits per heavy atom. The number of ether oxygens (including phenoxy) is 1. The number of nitrogens with one attached hydrogen (secondary N) is 2. The molecule has 0 aliphatic rings. The second kappa shape index (κ2) is 7.49. The lowest BCUT2D eigenvalue weighted by Crippen LogP contribution is -2.14. The van der Waals surface area contributed by atoms with Crippen LogP contribution in [0.1, 0.15) is 16.1 Å². The van der Waals surface area contributed by atoms with Gasteiger partial charge in [-0.25, -0.2) is 4.98 Å². The second-order valence-electron chi connectivity index (χ2n) is 5.52. The van der Waals surface area contributed by atoms with Crippen LogP contribution >= 0.6 is 0 Å². The molecule has 25 heavy (non-hydrogen) atoms. The first-order chi connectivity index (χ1) is 12.2. The molecule has 2 N–H and O–H groups in total. The summed E-state index contributed by atoms with van der Waals surface area (Å²) in [6.07, 6.45) is 0. The number of anilines is 3. The largest absolute Gasteiger partial charge is 0.497 e. The summed E-state index contributed by atoms with van der Waals surface area (Å²) in [6, 6.07) is 20.4. The summed E-state index contributed by atoms with van der Waals surface area (Å²) in [7, 11) is 1.63. The van der Waals surface area contributed by atoms with Gasteiger partial charge in [0, 0.05) is 11.4 Å². The van der Waals surface area contributed by atoms with E-state index in [0.29, 0.717) is 11.4 Å². The van der Waals surface area contributed by atoms with Crippen molar-refractivity contribution in [3.05, 3.63) is 78.0 Å². The normalized spacial score (nSPS) is 10.2. The third-order valence-corrected chi connectivity index (χ3v) is 3.67. The van der Waals surface area contributed by atoms with Gasteiger partial charge < -0.3 is 15.4 Å². The number of carbonyl (C=O) groups excluding carboxylic acids is 1. The third kappa shape index (κ3) is 4.14. The molecule has 0 bridgehead atoms. The number of carbonyl (C=O) groups is 1. The minimum atomic E-state index is -0.213. The topological polar surface area (TPSA) is 63.2 Å². The van der Waals surface area contributed by atoms with Crippen LogP contribution in [0, 0.1) is 6.92 Å². The van der Waals surface area contributed by atoms with E-state index in [-0.39, 0.29) is 5.91 Å². The molecule has 3 aromatic rings. The molecule has 0 unspecified atom stereocenters. The van der Waals surface area contributed by atoms with Crippen molar-refractivity contribution in [1.29, 1.82) is 0 Å². The van der Waals surface area contributed by atoms with Crippen LogP contribution < -0.4 is 15.4 Å². The Labute approximate surface area is 146 Å². The molecule has 1 heterocycles. The van der Waals surface area contributed by atoms with Crippen molar-refractivity contribution >= 4 is 23.1 Å². The van der Waals surface area contributed by atoms with Crippen LogP contribution in [-0.4, -0.2) is 18.0 Å². The van der Waals surface area contributed by atoms with E-state index in [9.17, 15) is 4.79 Å². The van der Waals surface area contributed by atoms with Gasteiger partial charge in [-0.15, -0.1) is 0 Å². The number of aromatic nitrogens is 1. The highest BCUT2D eigenvalue weighted by Gasteiger charge is 2.12. The van der Waals surface area contributed by atoms with E-state index in [2.05, 4.69) is 15.6 Å². The molecule has 0 aliphatic carbocycles. The minimum Gasteiger partial charge on any atom is -0.497 e. The van der Waals surface area contributed by atoms with Crippen LogP contribution in [0.4, 0.5) is 17.2 Å². The summed E-state index contributed by atoms with van der Waals surface area (Å²) < 4.78 is 5.16. The van der Waals surface area contributed by atoms with Gasteiger partial charge in [0.25, 0.3) is 5.91 Å². The summed E-state index contributed by atoms with van der Waals surface area (Å²) in [4.78, 5) is 16.9. The molecule has 5 heteroatoms. The Kier molecular flexibility index (Phi) is 4.95. The number of nitrogens with zero attached hydrogens (tertiary/aromatic N) is 1. The smallest absolute Gasteiger partial charge is 0.258 e. The Hall–Kier alpha value is -3.34. The molecule has 1 amide bonds. The number of aryl methyl sites for hydroxylation is 1. The van der Waals surface area contributed by atoms with Crippen LogP contribution in [0.5, 0.6) is 5.75 Å². The monoisotopic (exact) mass is 333 g/mol. The van der Waals surface area contributed by atoms with Gasteiger partial charge in [0.05, 0.1) is 18.4 Å². The number of methoxy groups -OCH3 is 1. The van der Waals surface area contributed by atoms with Crippen LogP contribution in [0.15, 0.2) is 66.7 Å². The number of hydrogen-bond donors (Lipinski definition) is 2. The molecule has 1 aromatic heterocycles. The number of hydrogen-bond acceptors (Lipinski definition) is 4. The van der Waals surface area contributed by atoms with Crippen LogP contribution in [-0.2, 0) is 0 Å². The lowest BCUT2D eigenvalue weighted by Gasteiger charge is -2.12. The predicted molar refractivity (Wildman–Crippen MR) is 99.6 cm³/mol. The van der Waals surface area contributed by atoms with Gasteiger partial charge >= 0.3 is 0 Å². The Bertz CT molecular complexity index is 876. The summed E-state index contributed by atoms with van der Waals surface area (Å²) in [6.45, 7) is 1.88. The molecule has 3 rings (SSSR count). The highest BCUT2D eigenvalue weighted by Crippen LogP contribution is 2.23. The maximum Gasteiger partial charge on any atom is 0.258 e. The van der Waals surface area contributed by atoms with Crippen molar-refractivity contribution in [2.24, 2.45) is 0 Å². The number of amides is 1. The molecule has 0 saturated heterocycles. The Morgan fingerprint density at radius 2 is 1.72 bits per heavy atom. The van der Waals surface area contributed by atoms with Crippen LogP contribution in [0.2, 0.25) is 0 Å². The van der Waals surface area contributed by atoms with E-state index in [0.717, 1.165) is 22.8 Å². The number of para-hydroxylation sites is 1. The van der Waals surface area contributed by atoms with Gasteiger partial charge in [0.2, 0.25) is 0 Å². The van der Waals surface area contributed by atoms with E-state index in [1.807, 2.05) is 61.5 Å². The molecule has 0 fully saturated rings. The van der Waals surface area contributed by atoms with E-state index >= 15 is 0 Å². The molecule has 0 atom stereocenters. The molecule has 0 aliphatic heterocycles. The minimum absolute atomic E-state index is 0.213. The number of pyridine rings is 1. The molecule has 2 aromatic carbocycles. The highest BCUT2D eigenvalue weighted by molar-refractivity contribution is 6.08. The lowest BCUT2D eigenvalue weighted by molar-refractivity contribution is 0.102. The van der Waals surface area contributed by atoms with E-state index < -0.39 is 0 Å². The molecule has 126 valence electrons. The average Bonchev–Trinajstić information content (AvgIpc) is 2.63. The lowest BCUT2D eigenvalue weighted by atomic mass is 10.1. The van der Waals surface area contributed by atoms with E-state index in [1.54, 1.807) is 19.2 Å². The predicted octanol–water partition coefficient (Wildman–Crippen LogP) is 4.39. The zero-order chi connectivity index (χ0) is 17.6. The Morgan fingerprint density at radius 3 is 2.44 bits per heavy atom. The van der Waals surface area contributed by atoms with Gasteiger partial charge in [0.1, 0.15) is 11.6 Å². The first kappa shape index (κ1) is 16.5. The average molecular weight is 333 g/mol. The van der Waals surface area contributed by atoms with Gasteiger partial charge in [-0.05, 0) is 55.5 Å². The zero-order valence-electron chi connectivity index (χ0n) is 14.1. The van der Waals surface area contributed by atoms with Gasteiger partial charge in [-0.1, -0.05) is 18.2 Å². The quantitative estimate of drug-likeness (QED) is 0.727. The molecular weight excluding hydrogens is 314 g/mol. The van der Waals surface area contributed by atoms with Crippen molar-refractivity contribution in [3.8, 4) is 5.75 Å². The fraction of sp³-hybridized carbons (Fsp3) is 0.100. The standard InChI is InChI=1S/C20H19N3O2/c1-14-6-5-9-19(21-14)23-20(24)17-7-3-4-8-18(17)22-15-10-12-16(25-2)13-11-15/h3-13,22H,1-2H3,(H,21,23,24). The molecule has 0 radical (unpaired) electrons. The van der Waals surface area contributed by atoms with Gasteiger partial charge in [-0.2, -0.15) is 0 Å². The van der Waals surface area contributed by atoms with Crippen molar-refractivity contribution in [1.82, 2.24) is 4.98 Å². The van der Waals surface area contributed by atoms with Crippen molar-refractivity contribution < 1.29 is 9.53 Å². The number of benzene rings is 2. The van der Waals surface area contributed by atoms with Gasteiger partial charge in [0.15, 0.2) is 0 Å². The van der Waals surface area contributed by atoms with Crippen LogP contribution in [0.25, 0.3) is 0 Å². The highest BCUT2D eigenvalue weighted by atomic mass is 16.5. The fourth-order valence-electron chi connectivity index (χ4n) is 2.42. The van der Waals surface area contributed by atoms with Crippen molar-refractivity contribution in [2.45, 2.75) is 6.92 Å². The summed E-state index contributed by atoms with van der Waals surface area (Å²) in [5, 5.41) is 6.10. The Balaban J connectivity index is 1.81. The first-order valence-corrected chi connectivity index (χ1v) is 7.91. The summed E-state index contributed by atoms with van der Waals surface area (Å²) >= 11 is 0. The van der Waals surface area contributed by atoms with E-state index in [1.165, 1.54) is 0 Å². The molecule has 0 saturated carbocycles. The maximum atomic E-state index is 12.6. The molecule has 0 spiro atoms. The van der Waals surface area contributed by atoms with Crippen LogP contribution in [0.3, 0.4) is 0 Å². The maximum absolute atomic E-state index is 12.6. The SMILES string of the molecule is COc1ccc(Nc2ccccc2C(=O)Nc2cccc(C)n2)cc1. The summed E-state index contributed by atoms with van der Waals surface area (Å²) in [5.74, 6) is 1.10. The first-order valence-electron chi connectivity index (χ1n) is 7.91.